The van der Waals surface area contributed by atoms with Gasteiger partial charge in [-0.15, -0.1) is 0 Å². The van der Waals surface area contributed by atoms with Gasteiger partial charge in [-0.2, -0.15) is 0 Å². The zero-order chi connectivity index (χ0) is 12.3. The molecule has 0 spiro atoms. The van der Waals surface area contributed by atoms with Crippen molar-refractivity contribution in [3.63, 3.8) is 0 Å². The Balaban J connectivity index is 3.22. The van der Waals surface area contributed by atoms with E-state index < -0.39 is 11.9 Å². The molecule has 0 fully saturated rings. The van der Waals surface area contributed by atoms with Crippen LogP contribution < -0.4 is 5.11 Å². The highest BCUT2D eigenvalue weighted by atomic mass is 16.5. The number of H-pyrrole nitrogens is 1. The summed E-state index contributed by atoms with van der Waals surface area (Å²) in [4.78, 5) is 24.9. The first-order valence-corrected chi connectivity index (χ1v) is 5.12. The molecule has 0 aromatic carbocycles. The summed E-state index contributed by atoms with van der Waals surface area (Å²) < 4.78 is 4.82. The van der Waals surface area contributed by atoms with Crippen molar-refractivity contribution in [2.45, 2.75) is 27.2 Å². The summed E-state index contributed by atoms with van der Waals surface area (Å²) in [6, 6.07) is 0. The Hall–Kier alpha value is -1.78. The smallest absolute Gasteiger partial charge is 0.355 e. The first kappa shape index (κ1) is 12.3. The zero-order valence-electron chi connectivity index (χ0n) is 9.55. The van der Waals surface area contributed by atoms with Crippen molar-refractivity contribution < 1.29 is 19.4 Å². The van der Waals surface area contributed by atoms with Gasteiger partial charge in [0.15, 0.2) is 0 Å². The van der Waals surface area contributed by atoms with Crippen molar-refractivity contribution in [3.8, 4) is 0 Å². The molecule has 1 N–H and O–H groups in total. The fourth-order valence-corrected chi connectivity index (χ4v) is 1.66. The van der Waals surface area contributed by atoms with Crippen LogP contribution in [-0.4, -0.2) is 23.5 Å². The maximum Gasteiger partial charge on any atom is 0.355 e. The van der Waals surface area contributed by atoms with E-state index in [1.165, 1.54) is 0 Å². The number of hydrogen-bond acceptors (Lipinski definition) is 4. The van der Waals surface area contributed by atoms with Crippen molar-refractivity contribution in [1.29, 1.82) is 0 Å². The van der Waals surface area contributed by atoms with Gasteiger partial charge in [-0.25, -0.2) is 4.79 Å². The van der Waals surface area contributed by atoms with E-state index in [4.69, 9.17) is 4.74 Å². The summed E-state index contributed by atoms with van der Waals surface area (Å²) in [5.41, 5.74) is 1.35. The van der Waals surface area contributed by atoms with E-state index in [9.17, 15) is 14.7 Å². The molecule has 1 rings (SSSR count). The lowest BCUT2D eigenvalue weighted by Crippen LogP contribution is -2.24. The van der Waals surface area contributed by atoms with Crippen LogP contribution in [0, 0.1) is 6.92 Å². The fraction of sp³-hybridized carbons (Fsp3) is 0.455. The van der Waals surface area contributed by atoms with E-state index in [0.29, 0.717) is 17.5 Å². The Morgan fingerprint density at radius 1 is 1.31 bits per heavy atom. The number of ether oxygens (including phenoxy) is 1. The van der Waals surface area contributed by atoms with E-state index in [1.54, 1.807) is 13.8 Å². The Morgan fingerprint density at radius 2 is 1.94 bits per heavy atom. The SMILES string of the molecule is CCOC(=O)c1[nH]c(C(=O)[O-])c(CC)c1C. The Morgan fingerprint density at radius 3 is 2.31 bits per heavy atom. The quantitative estimate of drug-likeness (QED) is 0.751. The number of rotatable bonds is 4. The second-order valence-electron chi connectivity index (χ2n) is 3.34. The number of esters is 1. The lowest BCUT2D eigenvalue weighted by Gasteiger charge is -2.02. The van der Waals surface area contributed by atoms with Crippen molar-refractivity contribution in [1.82, 2.24) is 4.98 Å². The number of carboxylic acids is 1. The molecule has 5 heteroatoms. The molecule has 0 atom stereocenters. The third kappa shape index (κ3) is 2.08. The van der Waals surface area contributed by atoms with E-state index in [0.717, 1.165) is 0 Å². The van der Waals surface area contributed by atoms with Crippen LogP contribution in [0.1, 0.15) is 46.0 Å². The molecule has 1 aromatic rings. The van der Waals surface area contributed by atoms with Gasteiger partial charge in [-0.1, -0.05) is 6.92 Å². The number of nitrogens with one attached hydrogen (secondary N) is 1. The molecule has 1 heterocycles. The molecule has 0 aliphatic heterocycles. The second kappa shape index (κ2) is 4.83. The molecule has 0 aliphatic carbocycles. The Bertz CT molecular complexity index is 420. The number of hydrogen-bond donors (Lipinski definition) is 1. The number of carbonyl (C=O) groups excluding carboxylic acids is 2. The van der Waals surface area contributed by atoms with Gasteiger partial charge >= 0.3 is 5.97 Å². The minimum Gasteiger partial charge on any atom is -0.543 e. The van der Waals surface area contributed by atoms with Gasteiger partial charge in [0.25, 0.3) is 0 Å². The molecule has 0 unspecified atom stereocenters. The maximum atomic E-state index is 11.5. The van der Waals surface area contributed by atoms with E-state index >= 15 is 0 Å². The molecule has 16 heavy (non-hydrogen) atoms. The van der Waals surface area contributed by atoms with Gasteiger partial charge in [-0.3, -0.25) is 0 Å². The third-order valence-corrected chi connectivity index (χ3v) is 2.42. The van der Waals surface area contributed by atoms with Crippen LogP contribution in [-0.2, 0) is 11.2 Å². The van der Waals surface area contributed by atoms with E-state index in [-0.39, 0.29) is 18.0 Å². The molecule has 88 valence electrons. The van der Waals surface area contributed by atoms with Gasteiger partial charge in [0, 0.05) is 0 Å². The van der Waals surface area contributed by atoms with Crippen LogP contribution >= 0.6 is 0 Å². The third-order valence-electron chi connectivity index (χ3n) is 2.42. The van der Waals surface area contributed by atoms with Crippen LogP contribution in [0.25, 0.3) is 0 Å². The van der Waals surface area contributed by atoms with E-state index in [1.807, 2.05) is 6.92 Å². The summed E-state index contributed by atoms with van der Waals surface area (Å²) in [5, 5.41) is 10.8. The number of aromatic carboxylic acids is 1. The highest BCUT2D eigenvalue weighted by Crippen LogP contribution is 2.19. The number of carboxylic acid groups (broad SMARTS) is 1. The number of carbonyl (C=O) groups is 2. The number of aromatic nitrogens is 1. The summed E-state index contributed by atoms with van der Waals surface area (Å²) in [6.45, 7) is 5.45. The second-order valence-corrected chi connectivity index (χ2v) is 3.34. The lowest BCUT2D eigenvalue weighted by molar-refractivity contribution is -0.255. The van der Waals surface area contributed by atoms with Crippen LogP contribution in [0.4, 0.5) is 0 Å². The molecule has 0 saturated carbocycles. The molecule has 0 radical (unpaired) electrons. The topological polar surface area (TPSA) is 82.2 Å². The summed E-state index contributed by atoms with van der Waals surface area (Å²) >= 11 is 0. The van der Waals surface area contributed by atoms with Crippen molar-refractivity contribution in [3.05, 3.63) is 22.5 Å². The predicted molar refractivity (Wildman–Crippen MR) is 55.2 cm³/mol. The van der Waals surface area contributed by atoms with Crippen molar-refractivity contribution in [2.24, 2.45) is 0 Å². The minimum absolute atomic E-state index is 0.0388. The highest BCUT2D eigenvalue weighted by Gasteiger charge is 2.19. The molecule has 0 saturated heterocycles. The van der Waals surface area contributed by atoms with Crippen LogP contribution in [0.5, 0.6) is 0 Å². The van der Waals surface area contributed by atoms with Crippen LogP contribution in [0.3, 0.4) is 0 Å². The normalized spacial score (nSPS) is 10.2. The molecular formula is C11H14NO4-. The summed E-state index contributed by atoms with van der Waals surface area (Å²) in [5.74, 6) is -1.85. The molecule has 0 amide bonds. The largest absolute Gasteiger partial charge is 0.543 e. The van der Waals surface area contributed by atoms with E-state index in [2.05, 4.69) is 4.98 Å². The van der Waals surface area contributed by atoms with Gasteiger partial charge < -0.3 is 19.6 Å². The first-order chi connectivity index (χ1) is 7.52. The van der Waals surface area contributed by atoms with Crippen molar-refractivity contribution in [2.75, 3.05) is 6.61 Å². The highest BCUT2D eigenvalue weighted by molar-refractivity contribution is 5.94. The fourth-order valence-electron chi connectivity index (χ4n) is 1.66. The number of aromatic amines is 1. The standard InChI is InChI=1S/C11H15NO4/c1-4-7-6(3)8(11(15)16-5-2)12-9(7)10(13)14/h12H,4-5H2,1-3H3,(H,13,14)/p-1. The Kier molecular flexibility index (Phi) is 3.71. The van der Waals surface area contributed by atoms with Crippen LogP contribution in [0.2, 0.25) is 0 Å². The molecule has 1 aromatic heterocycles. The molecule has 0 aliphatic rings. The van der Waals surface area contributed by atoms with Crippen molar-refractivity contribution >= 4 is 11.9 Å². The summed E-state index contributed by atoms with van der Waals surface area (Å²) in [7, 11) is 0. The zero-order valence-corrected chi connectivity index (χ0v) is 9.55. The molecule has 0 bridgehead atoms. The summed E-state index contributed by atoms with van der Waals surface area (Å²) in [6.07, 6.45) is 0.519. The minimum atomic E-state index is -1.31. The predicted octanol–water partition coefficient (Wildman–Crippen LogP) is 0.426. The molecule has 5 nitrogen and oxygen atoms in total. The van der Waals surface area contributed by atoms with Gasteiger partial charge in [0.1, 0.15) is 5.69 Å². The monoisotopic (exact) mass is 224 g/mol. The van der Waals surface area contributed by atoms with Crippen LogP contribution in [0.15, 0.2) is 0 Å². The first-order valence-electron chi connectivity index (χ1n) is 5.12. The van der Waals surface area contributed by atoms with Gasteiger partial charge in [0.05, 0.1) is 18.3 Å². The maximum absolute atomic E-state index is 11.5. The average molecular weight is 224 g/mol. The van der Waals surface area contributed by atoms with Gasteiger partial charge in [-0.05, 0) is 31.4 Å². The molecular weight excluding hydrogens is 210 g/mol. The average Bonchev–Trinajstić information content (AvgIpc) is 2.55. The lowest BCUT2D eigenvalue weighted by atomic mass is 10.1. The van der Waals surface area contributed by atoms with Gasteiger partial charge in [0.2, 0.25) is 0 Å². The Labute approximate surface area is 93.4 Å².